The molecule has 5 nitrogen and oxygen atoms in total. The molecule has 6 heteroatoms. The van der Waals surface area contributed by atoms with Gasteiger partial charge in [-0.1, -0.05) is 18.2 Å². The molecule has 1 heterocycles. The number of anilines is 2. The van der Waals surface area contributed by atoms with Crippen LogP contribution in [0, 0.1) is 13.8 Å². The van der Waals surface area contributed by atoms with Crippen LogP contribution in [0.25, 0.3) is 0 Å². The Hall–Kier alpha value is -2.99. The third kappa shape index (κ3) is 4.99. The molecule has 3 aromatic rings. The third-order valence-corrected chi connectivity index (χ3v) is 3.52. The molecule has 0 fully saturated rings. The van der Waals surface area contributed by atoms with Crippen molar-refractivity contribution in [2.75, 3.05) is 10.6 Å². The van der Waals surface area contributed by atoms with Gasteiger partial charge in [-0.3, -0.25) is 0 Å². The Morgan fingerprint density at radius 2 is 1.40 bits per heavy atom. The average molecular weight is 350 g/mol. The SMILES string of the molecule is Cc1cc(C)nc(Oc2ccc(NC(=S)Nc3ccccc3)cc2)n1. The summed E-state index contributed by atoms with van der Waals surface area (Å²) >= 11 is 5.31. The Labute approximate surface area is 152 Å². The number of hydrogen-bond acceptors (Lipinski definition) is 4. The van der Waals surface area contributed by atoms with Crippen molar-refractivity contribution in [3.63, 3.8) is 0 Å². The molecule has 2 aromatic carbocycles. The van der Waals surface area contributed by atoms with Crippen LogP contribution < -0.4 is 15.4 Å². The fourth-order valence-corrected chi connectivity index (χ4v) is 2.50. The lowest BCUT2D eigenvalue weighted by molar-refractivity contribution is 0.439. The average Bonchev–Trinajstić information content (AvgIpc) is 2.56. The lowest BCUT2D eigenvalue weighted by Gasteiger charge is -2.11. The van der Waals surface area contributed by atoms with Gasteiger partial charge in [0.05, 0.1) is 0 Å². The normalized spacial score (nSPS) is 10.2. The molecule has 0 amide bonds. The molecule has 1 aromatic heterocycles. The van der Waals surface area contributed by atoms with Crippen molar-refractivity contribution >= 4 is 28.7 Å². The summed E-state index contributed by atoms with van der Waals surface area (Å²) in [6.07, 6.45) is 0. The molecule has 0 bridgehead atoms. The van der Waals surface area contributed by atoms with E-state index in [-0.39, 0.29) is 0 Å². The number of rotatable bonds is 4. The molecule has 2 N–H and O–H groups in total. The Balaban J connectivity index is 1.61. The van der Waals surface area contributed by atoms with Crippen LogP contribution in [-0.2, 0) is 0 Å². The number of aromatic nitrogens is 2. The van der Waals surface area contributed by atoms with Crippen LogP contribution >= 0.6 is 12.2 Å². The zero-order valence-corrected chi connectivity index (χ0v) is 14.8. The number of hydrogen-bond donors (Lipinski definition) is 2. The molecule has 0 spiro atoms. The van der Waals surface area contributed by atoms with Gasteiger partial charge in [0.25, 0.3) is 0 Å². The fraction of sp³-hybridized carbons (Fsp3) is 0.105. The molecule has 0 aliphatic rings. The first-order chi connectivity index (χ1) is 12.1. The summed E-state index contributed by atoms with van der Waals surface area (Å²) < 4.78 is 5.70. The number of para-hydroxylation sites is 1. The largest absolute Gasteiger partial charge is 0.424 e. The number of ether oxygens (including phenoxy) is 1. The molecule has 0 radical (unpaired) electrons. The molecule has 25 heavy (non-hydrogen) atoms. The van der Waals surface area contributed by atoms with Crippen LogP contribution in [0.1, 0.15) is 11.4 Å². The second kappa shape index (κ2) is 7.72. The summed E-state index contributed by atoms with van der Waals surface area (Å²) in [4.78, 5) is 8.53. The first kappa shape index (κ1) is 16.9. The molecule has 0 atom stereocenters. The van der Waals surface area contributed by atoms with Crippen molar-refractivity contribution in [1.82, 2.24) is 9.97 Å². The number of nitrogens with one attached hydrogen (secondary N) is 2. The van der Waals surface area contributed by atoms with E-state index in [0.717, 1.165) is 22.8 Å². The van der Waals surface area contributed by atoms with E-state index in [1.54, 1.807) is 0 Å². The van der Waals surface area contributed by atoms with Gasteiger partial charge < -0.3 is 15.4 Å². The van der Waals surface area contributed by atoms with E-state index in [0.29, 0.717) is 16.9 Å². The maximum Gasteiger partial charge on any atom is 0.322 e. The van der Waals surface area contributed by atoms with Gasteiger partial charge in [-0.05, 0) is 68.5 Å². The van der Waals surface area contributed by atoms with Crippen LogP contribution in [0.15, 0.2) is 60.7 Å². The first-order valence-electron chi connectivity index (χ1n) is 7.82. The maximum atomic E-state index is 5.70. The summed E-state index contributed by atoms with van der Waals surface area (Å²) in [6, 6.07) is 19.5. The second-order valence-corrected chi connectivity index (χ2v) is 5.91. The van der Waals surface area contributed by atoms with E-state index in [2.05, 4.69) is 20.6 Å². The van der Waals surface area contributed by atoms with Gasteiger partial charge in [0.2, 0.25) is 0 Å². The summed E-state index contributed by atoms with van der Waals surface area (Å²) in [7, 11) is 0. The number of thiocarbonyl (C=S) groups is 1. The van der Waals surface area contributed by atoms with E-state index in [1.807, 2.05) is 74.5 Å². The molecule has 0 saturated carbocycles. The molecule has 3 rings (SSSR count). The zero-order valence-electron chi connectivity index (χ0n) is 14.0. The van der Waals surface area contributed by atoms with Gasteiger partial charge in [-0.25, -0.2) is 9.97 Å². The Bertz CT molecular complexity index is 846. The van der Waals surface area contributed by atoms with Crippen LogP contribution in [0.2, 0.25) is 0 Å². The van der Waals surface area contributed by atoms with E-state index in [9.17, 15) is 0 Å². The smallest absolute Gasteiger partial charge is 0.322 e. The highest BCUT2D eigenvalue weighted by molar-refractivity contribution is 7.80. The third-order valence-electron chi connectivity index (χ3n) is 3.31. The fourth-order valence-electron chi connectivity index (χ4n) is 2.27. The van der Waals surface area contributed by atoms with Crippen molar-refractivity contribution in [1.29, 1.82) is 0 Å². The lowest BCUT2D eigenvalue weighted by Crippen LogP contribution is -2.18. The molecule has 0 unspecified atom stereocenters. The highest BCUT2D eigenvalue weighted by Gasteiger charge is 2.04. The number of nitrogens with zero attached hydrogens (tertiary/aromatic N) is 2. The van der Waals surface area contributed by atoms with Crippen LogP contribution in [0.4, 0.5) is 11.4 Å². The predicted molar refractivity (Wildman–Crippen MR) is 104 cm³/mol. The predicted octanol–water partition coefficient (Wildman–Crippen LogP) is 4.69. The minimum absolute atomic E-state index is 0.347. The number of aryl methyl sites for hydroxylation is 2. The van der Waals surface area contributed by atoms with Gasteiger partial charge in [0.15, 0.2) is 5.11 Å². The van der Waals surface area contributed by atoms with E-state index in [4.69, 9.17) is 17.0 Å². The van der Waals surface area contributed by atoms with E-state index in [1.165, 1.54) is 0 Å². The van der Waals surface area contributed by atoms with Gasteiger partial charge in [0.1, 0.15) is 5.75 Å². The summed E-state index contributed by atoms with van der Waals surface area (Å²) in [6.45, 7) is 3.82. The maximum absolute atomic E-state index is 5.70. The molecule has 126 valence electrons. The zero-order chi connectivity index (χ0) is 17.6. The molecular weight excluding hydrogens is 332 g/mol. The molecule has 0 saturated heterocycles. The van der Waals surface area contributed by atoms with Gasteiger partial charge in [-0.15, -0.1) is 0 Å². The van der Waals surface area contributed by atoms with Crippen molar-refractivity contribution in [2.45, 2.75) is 13.8 Å². The van der Waals surface area contributed by atoms with Crippen molar-refractivity contribution in [2.24, 2.45) is 0 Å². The van der Waals surface area contributed by atoms with Crippen LogP contribution in [-0.4, -0.2) is 15.1 Å². The molecule has 0 aliphatic heterocycles. The quantitative estimate of drug-likeness (QED) is 0.666. The molecular formula is C19H18N4OS. The summed E-state index contributed by atoms with van der Waals surface area (Å²) in [5.74, 6) is 0.664. The summed E-state index contributed by atoms with van der Waals surface area (Å²) in [5.41, 5.74) is 3.55. The van der Waals surface area contributed by atoms with E-state index >= 15 is 0 Å². The number of benzene rings is 2. The Kier molecular flexibility index (Phi) is 5.20. The topological polar surface area (TPSA) is 59.1 Å². The van der Waals surface area contributed by atoms with Crippen molar-refractivity contribution in [3.05, 3.63) is 72.1 Å². The van der Waals surface area contributed by atoms with Crippen LogP contribution in [0.3, 0.4) is 0 Å². The highest BCUT2D eigenvalue weighted by Crippen LogP contribution is 2.21. The highest BCUT2D eigenvalue weighted by atomic mass is 32.1. The van der Waals surface area contributed by atoms with Crippen LogP contribution in [0.5, 0.6) is 11.8 Å². The first-order valence-corrected chi connectivity index (χ1v) is 8.22. The minimum Gasteiger partial charge on any atom is -0.424 e. The Morgan fingerprint density at radius 1 is 0.840 bits per heavy atom. The minimum atomic E-state index is 0.347. The monoisotopic (exact) mass is 350 g/mol. The Morgan fingerprint density at radius 3 is 2.00 bits per heavy atom. The standard InChI is InChI=1S/C19H18N4OS/c1-13-12-14(2)21-18(20-13)24-17-10-8-16(9-11-17)23-19(25)22-15-6-4-3-5-7-15/h3-12H,1-2H3,(H2,22,23,25). The lowest BCUT2D eigenvalue weighted by atomic mass is 10.3. The van der Waals surface area contributed by atoms with Gasteiger partial charge in [-0.2, -0.15) is 0 Å². The second-order valence-electron chi connectivity index (χ2n) is 5.50. The van der Waals surface area contributed by atoms with Gasteiger partial charge in [0, 0.05) is 22.8 Å². The van der Waals surface area contributed by atoms with Gasteiger partial charge >= 0.3 is 6.01 Å². The molecule has 0 aliphatic carbocycles. The van der Waals surface area contributed by atoms with Crippen molar-refractivity contribution < 1.29 is 4.74 Å². The summed E-state index contributed by atoms with van der Waals surface area (Å²) in [5, 5.41) is 6.79. The van der Waals surface area contributed by atoms with E-state index < -0.39 is 0 Å². The van der Waals surface area contributed by atoms with Crippen molar-refractivity contribution in [3.8, 4) is 11.8 Å².